The van der Waals surface area contributed by atoms with Gasteiger partial charge in [0, 0.05) is 26.2 Å². The molecule has 0 atom stereocenters. The van der Waals surface area contributed by atoms with Crippen LogP contribution in [0.25, 0.3) is 0 Å². The normalized spacial score (nSPS) is 22.4. The van der Waals surface area contributed by atoms with E-state index in [2.05, 4.69) is 0 Å². The molecule has 2 amide bonds. The van der Waals surface area contributed by atoms with Crippen molar-refractivity contribution in [3.05, 3.63) is 0 Å². The third kappa shape index (κ3) is 3.36. The first kappa shape index (κ1) is 17.4. The third-order valence-corrected chi connectivity index (χ3v) is 8.25. The van der Waals surface area contributed by atoms with E-state index in [1.165, 1.54) is 0 Å². The SMILES string of the molecule is NC(=O)N(S(=O)(=O)N1CCCCC1)S(=O)(=O)N1CCCCC1. The summed E-state index contributed by atoms with van der Waals surface area (Å²) in [5.74, 6) is 0. The molecule has 0 bridgehead atoms. The molecule has 0 radical (unpaired) electrons. The average Bonchev–Trinajstić information content (AvgIpc) is 2.48. The van der Waals surface area contributed by atoms with E-state index in [9.17, 15) is 21.6 Å². The summed E-state index contributed by atoms with van der Waals surface area (Å²) < 4.78 is 52.1. The maximum atomic E-state index is 12.6. The molecule has 22 heavy (non-hydrogen) atoms. The fourth-order valence-electron chi connectivity index (χ4n) is 2.75. The minimum absolute atomic E-state index is 0.142. The molecule has 0 saturated carbocycles. The lowest BCUT2D eigenvalue weighted by atomic mass is 10.2. The van der Waals surface area contributed by atoms with Crippen LogP contribution >= 0.6 is 0 Å². The number of carbonyl (C=O) groups excluding carboxylic acids is 1. The van der Waals surface area contributed by atoms with Gasteiger partial charge in [-0.05, 0) is 25.7 Å². The van der Waals surface area contributed by atoms with E-state index in [1.54, 1.807) is 0 Å². The van der Waals surface area contributed by atoms with Gasteiger partial charge in [0.2, 0.25) is 0 Å². The zero-order chi connectivity index (χ0) is 16.4. The first-order chi connectivity index (χ1) is 10.3. The number of amides is 2. The fraction of sp³-hybridized carbons (Fsp3) is 0.909. The molecule has 0 aromatic heterocycles. The lowest BCUT2D eigenvalue weighted by molar-refractivity contribution is 0.237. The van der Waals surface area contributed by atoms with E-state index >= 15 is 0 Å². The predicted octanol–water partition coefficient (Wildman–Crippen LogP) is -0.171. The molecule has 2 heterocycles. The van der Waals surface area contributed by atoms with Gasteiger partial charge < -0.3 is 5.73 Å². The summed E-state index contributed by atoms with van der Waals surface area (Å²) in [5, 5.41) is 0. The summed E-state index contributed by atoms with van der Waals surface area (Å²) >= 11 is 0. The van der Waals surface area contributed by atoms with Crippen molar-refractivity contribution in [3.8, 4) is 0 Å². The fourth-order valence-corrected chi connectivity index (χ4v) is 6.58. The molecule has 2 saturated heterocycles. The molecule has 0 aromatic carbocycles. The van der Waals surface area contributed by atoms with Crippen molar-refractivity contribution in [2.24, 2.45) is 5.73 Å². The van der Waals surface area contributed by atoms with Gasteiger partial charge in [-0.25, -0.2) is 4.79 Å². The zero-order valence-corrected chi connectivity index (χ0v) is 14.0. The number of hydrogen-bond donors (Lipinski definition) is 1. The van der Waals surface area contributed by atoms with Crippen molar-refractivity contribution in [2.75, 3.05) is 26.2 Å². The van der Waals surface area contributed by atoms with Crippen LogP contribution in [0.15, 0.2) is 0 Å². The quantitative estimate of drug-likeness (QED) is 0.751. The van der Waals surface area contributed by atoms with Gasteiger partial charge in [-0.3, -0.25) is 0 Å². The molecule has 11 heteroatoms. The van der Waals surface area contributed by atoms with E-state index in [-0.39, 0.29) is 29.9 Å². The number of primary amides is 1. The van der Waals surface area contributed by atoms with Crippen molar-refractivity contribution < 1.29 is 21.6 Å². The number of nitrogens with two attached hydrogens (primary N) is 1. The molecule has 2 aliphatic heterocycles. The van der Waals surface area contributed by atoms with Crippen LogP contribution in [0.2, 0.25) is 0 Å². The first-order valence-corrected chi connectivity index (χ1v) is 10.2. The molecule has 128 valence electrons. The Kier molecular flexibility index (Phi) is 5.30. The highest BCUT2D eigenvalue weighted by molar-refractivity contribution is 8.02. The topological polar surface area (TPSA) is 121 Å². The van der Waals surface area contributed by atoms with Gasteiger partial charge in [-0.15, -0.1) is 0 Å². The monoisotopic (exact) mass is 354 g/mol. The highest BCUT2D eigenvalue weighted by Crippen LogP contribution is 2.23. The Morgan fingerprint density at radius 2 is 1.05 bits per heavy atom. The smallest absolute Gasteiger partial charge is 0.344 e. The molecular weight excluding hydrogens is 332 g/mol. The number of carbonyl (C=O) groups is 1. The van der Waals surface area contributed by atoms with E-state index in [1.807, 2.05) is 0 Å². The Hall–Kier alpha value is -0.910. The minimum atomic E-state index is -4.47. The van der Waals surface area contributed by atoms with Crippen molar-refractivity contribution in [2.45, 2.75) is 38.5 Å². The van der Waals surface area contributed by atoms with Crippen LogP contribution in [-0.2, 0) is 20.4 Å². The first-order valence-electron chi connectivity index (χ1n) is 7.38. The highest BCUT2D eigenvalue weighted by atomic mass is 32.3. The molecule has 0 aliphatic carbocycles. The molecule has 0 unspecified atom stereocenters. The Morgan fingerprint density at radius 3 is 1.32 bits per heavy atom. The van der Waals surface area contributed by atoms with Crippen LogP contribution in [0.5, 0.6) is 0 Å². The van der Waals surface area contributed by atoms with Crippen LogP contribution in [0.3, 0.4) is 0 Å². The number of hydrogen-bond acceptors (Lipinski definition) is 5. The number of piperidine rings is 2. The van der Waals surface area contributed by atoms with Gasteiger partial charge in [0.15, 0.2) is 0 Å². The van der Waals surface area contributed by atoms with Crippen molar-refractivity contribution in [3.63, 3.8) is 0 Å². The van der Waals surface area contributed by atoms with E-state index in [0.717, 1.165) is 21.5 Å². The molecule has 2 fully saturated rings. The van der Waals surface area contributed by atoms with Crippen molar-refractivity contribution in [1.29, 1.82) is 0 Å². The highest BCUT2D eigenvalue weighted by Gasteiger charge is 2.44. The van der Waals surface area contributed by atoms with E-state index in [0.29, 0.717) is 25.7 Å². The Labute approximate surface area is 131 Å². The van der Waals surface area contributed by atoms with Gasteiger partial charge in [-0.1, -0.05) is 16.6 Å². The lowest BCUT2D eigenvalue weighted by Crippen LogP contribution is -2.57. The maximum absolute atomic E-state index is 12.6. The summed E-state index contributed by atoms with van der Waals surface area (Å²) in [6, 6.07) is -1.49. The van der Waals surface area contributed by atoms with Gasteiger partial charge in [-0.2, -0.15) is 25.4 Å². The third-order valence-electron chi connectivity index (χ3n) is 3.88. The van der Waals surface area contributed by atoms with Crippen molar-refractivity contribution >= 4 is 26.4 Å². The summed E-state index contributed by atoms with van der Waals surface area (Å²) in [7, 11) is -8.94. The largest absolute Gasteiger partial charge is 0.350 e. The van der Waals surface area contributed by atoms with E-state index in [4.69, 9.17) is 5.73 Å². The minimum Gasteiger partial charge on any atom is -0.350 e. The lowest BCUT2D eigenvalue weighted by Gasteiger charge is -2.34. The Morgan fingerprint density at radius 1 is 0.727 bits per heavy atom. The van der Waals surface area contributed by atoms with Crippen molar-refractivity contribution in [1.82, 2.24) is 12.3 Å². The summed E-state index contributed by atoms with van der Waals surface area (Å²) in [6.07, 6.45) is 4.29. The zero-order valence-electron chi connectivity index (χ0n) is 12.3. The second-order valence-electron chi connectivity index (χ2n) is 5.47. The van der Waals surface area contributed by atoms with Gasteiger partial charge in [0.25, 0.3) is 0 Å². The number of nitrogens with zero attached hydrogens (tertiary/aromatic N) is 3. The molecular formula is C11H22N4O5S2. The number of rotatable bonds is 4. The van der Waals surface area contributed by atoms with Gasteiger partial charge in [0.1, 0.15) is 0 Å². The molecule has 2 N–H and O–H groups in total. The van der Waals surface area contributed by atoms with Crippen LogP contribution in [-0.4, -0.2) is 61.4 Å². The Bertz CT molecular complexity index is 558. The van der Waals surface area contributed by atoms with Crippen LogP contribution in [0, 0.1) is 0 Å². The van der Waals surface area contributed by atoms with Crippen LogP contribution < -0.4 is 5.73 Å². The summed E-state index contributed by atoms with van der Waals surface area (Å²) in [4.78, 5) is 11.6. The molecule has 2 rings (SSSR count). The second-order valence-corrected chi connectivity index (χ2v) is 9.26. The second kappa shape index (κ2) is 6.69. The Balaban J connectivity index is 2.34. The molecule has 2 aliphatic rings. The molecule has 9 nitrogen and oxygen atoms in total. The summed E-state index contributed by atoms with van der Waals surface area (Å²) in [6.45, 7) is 0.784. The van der Waals surface area contributed by atoms with Gasteiger partial charge in [0.05, 0.1) is 0 Å². The molecule has 0 spiro atoms. The van der Waals surface area contributed by atoms with Crippen LogP contribution in [0.4, 0.5) is 4.79 Å². The standard InChI is InChI=1S/C11H22N4O5S2/c12-11(16)15(21(17,18)13-7-3-1-4-8-13)22(19,20)14-9-5-2-6-10-14/h1-10H2,(H2,12,16). The summed E-state index contributed by atoms with van der Waals surface area (Å²) in [5.41, 5.74) is 5.10. The number of urea groups is 1. The maximum Gasteiger partial charge on any atom is 0.344 e. The van der Waals surface area contributed by atoms with Crippen LogP contribution in [0.1, 0.15) is 38.5 Å². The van der Waals surface area contributed by atoms with Gasteiger partial charge >= 0.3 is 26.4 Å². The predicted molar refractivity (Wildman–Crippen MR) is 80.1 cm³/mol. The molecule has 0 aromatic rings. The average molecular weight is 354 g/mol. The van der Waals surface area contributed by atoms with E-state index < -0.39 is 26.4 Å².